The maximum absolute atomic E-state index is 13.7. The molecule has 6 nitrogen and oxygen atoms in total. The highest BCUT2D eigenvalue weighted by molar-refractivity contribution is 6.44. The van der Waals surface area contributed by atoms with E-state index in [2.05, 4.69) is 0 Å². The summed E-state index contributed by atoms with van der Waals surface area (Å²) in [6.45, 7) is -0.131. The molecule has 23 heavy (non-hydrogen) atoms. The molecule has 0 aromatic heterocycles. The number of rotatable bonds is 4. The molecule has 1 aliphatic carbocycles. The molecule has 1 aromatic carbocycles. The lowest BCUT2D eigenvalue weighted by Crippen LogP contribution is -2.39. The molecule has 0 spiro atoms. The van der Waals surface area contributed by atoms with E-state index in [0.717, 1.165) is 35.5 Å². The zero-order valence-corrected chi connectivity index (χ0v) is 12.8. The van der Waals surface area contributed by atoms with E-state index >= 15 is 0 Å². The lowest BCUT2D eigenvalue weighted by Gasteiger charge is -2.21. The number of amides is 4. The van der Waals surface area contributed by atoms with Gasteiger partial charge in [-0.25, -0.2) is 9.18 Å². The Labute approximate surface area is 132 Å². The molecule has 1 saturated carbocycles. The number of carbonyl (C=O) groups is 3. The standard InChI is InChI=1S/C16H17FN2O4/c1-23-13-7-6-10(8-12(13)17)9-18-14(20)15(21)19(16(18)22)11-4-2-3-5-11/h6-8,11H,2-5,9H2,1H3. The number of halogens is 1. The maximum atomic E-state index is 13.7. The molecule has 0 radical (unpaired) electrons. The van der Waals surface area contributed by atoms with Gasteiger partial charge in [-0.2, -0.15) is 0 Å². The fraction of sp³-hybridized carbons (Fsp3) is 0.438. The number of nitrogens with zero attached hydrogens (tertiary/aromatic N) is 2. The molecule has 0 bridgehead atoms. The van der Waals surface area contributed by atoms with Gasteiger partial charge in [0.25, 0.3) is 0 Å². The first-order chi connectivity index (χ1) is 11.0. The molecule has 1 aromatic rings. The fourth-order valence-electron chi connectivity index (χ4n) is 3.14. The smallest absolute Gasteiger partial charge is 0.334 e. The van der Waals surface area contributed by atoms with E-state index in [1.807, 2.05) is 0 Å². The van der Waals surface area contributed by atoms with Crippen molar-refractivity contribution < 1.29 is 23.5 Å². The van der Waals surface area contributed by atoms with E-state index in [0.29, 0.717) is 5.56 Å². The van der Waals surface area contributed by atoms with Crippen LogP contribution in [0.4, 0.5) is 9.18 Å². The molecule has 3 rings (SSSR count). The molecule has 7 heteroatoms. The second kappa shape index (κ2) is 5.98. The van der Waals surface area contributed by atoms with Crippen LogP contribution in [0, 0.1) is 5.82 Å². The van der Waals surface area contributed by atoms with Crippen molar-refractivity contribution in [3.05, 3.63) is 29.6 Å². The van der Waals surface area contributed by atoms with Crippen LogP contribution in [0.1, 0.15) is 31.2 Å². The summed E-state index contributed by atoms with van der Waals surface area (Å²) in [4.78, 5) is 38.5. The first-order valence-corrected chi connectivity index (χ1v) is 7.54. The van der Waals surface area contributed by atoms with Crippen molar-refractivity contribution >= 4 is 17.8 Å². The Morgan fingerprint density at radius 2 is 1.87 bits per heavy atom. The number of carbonyl (C=O) groups excluding carboxylic acids is 3. The Balaban J connectivity index is 1.80. The first kappa shape index (κ1) is 15.5. The van der Waals surface area contributed by atoms with Crippen molar-refractivity contribution in [2.45, 2.75) is 38.3 Å². The highest BCUT2D eigenvalue weighted by Crippen LogP contribution is 2.28. The largest absolute Gasteiger partial charge is 0.494 e. The Bertz CT molecular complexity index is 670. The lowest BCUT2D eigenvalue weighted by molar-refractivity contribution is -0.144. The minimum absolute atomic E-state index is 0.0801. The number of hydrogen-bond acceptors (Lipinski definition) is 4. The predicted molar refractivity (Wildman–Crippen MR) is 78.0 cm³/mol. The number of ether oxygens (including phenoxy) is 1. The molecule has 0 atom stereocenters. The lowest BCUT2D eigenvalue weighted by atomic mass is 10.2. The molecular weight excluding hydrogens is 303 g/mol. The molecule has 122 valence electrons. The average molecular weight is 320 g/mol. The van der Waals surface area contributed by atoms with Crippen molar-refractivity contribution in [1.82, 2.24) is 9.80 Å². The van der Waals surface area contributed by atoms with Gasteiger partial charge in [-0.3, -0.25) is 19.4 Å². The molecule has 1 saturated heterocycles. The van der Waals surface area contributed by atoms with Gasteiger partial charge in [0.15, 0.2) is 11.6 Å². The van der Waals surface area contributed by atoms with Crippen LogP contribution in [0.5, 0.6) is 5.75 Å². The molecule has 4 amide bonds. The van der Waals surface area contributed by atoms with Gasteiger partial charge in [0.1, 0.15) is 0 Å². The number of methoxy groups -OCH3 is 1. The number of benzene rings is 1. The van der Waals surface area contributed by atoms with Crippen LogP contribution in [0.25, 0.3) is 0 Å². The van der Waals surface area contributed by atoms with E-state index in [1.54, 1.807) is 6.07 Å². The molecule has 0 N–H and O–H groups in total. The Hall–Kier alpha value is -2.44. The van der Waals surface area contributed by atoms with Crippen molar-refractivity contribution in [3.8, 4) is 5.75 Å². The third kappa shape index (κ3) is 2.67. The summed E-state index contributed by atoms with van der Waals surface area (Å²) >= 11 is 0. The van der Waals surface area contributed by atoms with E-state index in [4.69, 9.17) is 4.74 Å². The van der Waals surface area contributed by atoms with Gasteiger partial charge in [0.2, 0.25) is 0 Å². The fourth-order valence-corrected chi connectivity index (χ4v) is 3.14. The summed E-state index contributed by atoms with van der Waals surface area (Å²) in [5, 5.41) is 0. The van der Waals surface area contributed by atoms with Crippen LogP contribution in [0.2, 0.25) is 0 Å². The van der Waals surface area contributed by atoms with Gasteiger partial charge in [0.05, 0.1) is 13.7 Å². The molecule has 1 heterocycles. The second-order valence-electron chi connectivity index (χ2n) is 5.76. The predicted octanol–water partition coefficient (Wildman–Crippen LogP) is 2.07. The van der Waals surface area contributed by atoms with E-state index < -0.39 is 23.7 Å². The van der Waals surface area contributed by atoms with E-state index in [9.17, 15) is 18.8 Å². The van der Waals surface area contributed by atoms with Crippen LogP contribution in [0.3, 0.4) is 0 Å². The Morgan fingerprint density at radius 1 is 1.17 bits per heavy atom. The van der Waals surface area contributed by atoms with Crippen LogP contribution < -0.4 is 4.74 Å². The Morgan fingerprint density at radius 3 is 2.48 bits per heavy atom. The highest BCUT2D eigenvalue weighted by atomic mass is 19.1. The maximum Gasteiger partial charge on any atom is 0.334 e. The second-order valence-corrected chi connectivity index (χ2v) is 5.76. The average Bonchev–Trinajstić information content (AvgIpc) is 3.11. The third-order valence-corrected chi connectivity index (χ3v) is 4.33. The van der Waals surface area contributed by atoms with Gasteiger partial charge in [-0.05, 0) is 30.5 Å². The molecule has 1 aliphatic heterocycles. The first-order valence-electron chi connectivity index (χ1n) is 7.54. The summed E-state index contributed by atoms with van der Waals surface area (Å²) < 4.78 is 18.6. The summed E-state index contributed by atoms with van der Waals surface area (Å²) in [5.41, 5.74) is 0.422. The quantitative estimate of drug-likeness (QED) is 0.629. The van der Waals surface area contributed by atoms with Crippen molar-refractivity contribution in [3.63, 3.8) is 0 Å². The molecule has 2 fully saturated rings. The monoisotopic (exact) mass is 320 g/mol. The zero-order valence-electron chi connectivity index (χ0n) is 12.8. The number of imide groups is 2. The van der Waals surface area contributed by atoms with Crippen LogP contribution in [-0.2, 0) is 16.1 Å². The molecule has 2 aliphatic rings. The third-order valence-electron chi connectivity index (χ3n) is 4.33. The van der Waals surface area contributed by atoms with Crippen molar-refractivity contribution in [2.24, 2.45) is 0 Å². The van der Waals surface area contributed by atoms with Crippen LogP contribution in [-0.4, -0.2) is 40.8 Å². The SMILES string of the molecule is COc1ccc(CN2C(=O)C(=O)N(C3CCCC3)C2=O)cc1F. The minimum atomic E-state index is -0.849. The highest BCUT2D eigenvalue weighted by Gasteiger charge is 2.47. The summed E-state index contributed by atoms with van der Waals surface area (Å²) in [7, 11) is 1.35. The topological polar surface area (TPSA) is 66.9 Å². The number of hydrogen-bond donors (Lipinski definition) is 0. The van der Waals surface area contributed by atoms with Gasteiger partial charge >= 0.3 is 17.8 Å². The van der Waals surface area contributed by atoms with Gasteiger partial charge in [-0.15, -0.1) is 0 Å². The molecule has 0 unspecified atom stereocenters. The van der Waals surface area contributed by atoms with E-state index in [1.165, 1.54) is 19.2 Å². The summed E-state index contributed by atoms with van der Waals surface area (Å²) in [6.07, 6.45) is 3.35. The minimum Gasteiger partial charge on any atom is -0.494 e. The van der Waals surface area contributed by atoms with Crippen molar-refractivity contribution in [2.75, 3.05) is 7.11 Å². The Kier molecular flexibility index (Phi) is 4.02. The van der Waals surface area contributed by atoms with Crippen LogP contribution >= 0.6 is 0 Å². The van der Waals surface area contributed by atoms with Crippen LogP contribution in [0.15, 0.2) is 18.2 Å². The summed E-state index contributed by atoms with van der Waals surface area (Å²) in [6, 6.07) is 3.37. The van der Waals surface area contributed by atoms with Crippen molar-refractivity contribution in [1.29, 1.82) is 0 Å². The van der Waals surface area contributed by atoms with Gasteiger partial charge in [-0.1, -0.05) is 18.9 Å². The van der Waals surface area contributed by atoms with Gasteiger partial charge < -0.3 is 4.74 Å². The normalized spacial score (nSPS) is 19.1. The van der Waals surface area contributed by atoms with E-state index in [-0.39, 0.29) is 18.3 Å². The van der Waals surface area contributed by atoms with Gasteiger partial charge in [0, 0.05) is 6.04 Å². The zero-order chi connectivity index (χ0) is 16.6. The number of urea groups is 1. The molecular formula is C16H17FN2O4. The summed E-state index contributed by atoms with van der Waals surface area (Å²) in [5.74, 6) is -2.13.